The first kappa shape index (κ1) is 14.4. The van der Waals surface area contributed by atoms with Crippen LogP contribution in [0.25, 0.3) is 0 Å². The van der Waals surface area contributed by atoms with Gasteiger partial charge in [0, 0.05) is 25.6 Å². The van der Waals surface area contributed by atoms with Gasteiger partial charge in [0.2, 0.25) is 0 Å². The van der Waals surface area contributed by atoms with E-state index in [-0.39, 0.29) is 11.3 Å². The molecule has 1 saturated carbocycles. The summed E-state index contributed by atoms with van der Waals surface area (Å²) in [6, 6.07) is 1.79. The van der Waals surface area contributed by atoms with Gasteiger partial charge in [-0.05, 0) is 29.2 Å². The molecular weight excluding hydrogens is 294 g/mol. The van der Waals surface area contributed by atoms with Crippen LogP contribution >= 0.6 is 22.9 Å². The van der Waals surface area contributed by atoms with E-state index in [0.717, 1.165) is 26.1 Å². The second-order valence-electron chi connectivity index (χ2n) is 6.80. The molecule has 1 aromatic rings. The van der Waals surface area contributed by atoms with Gasteiger partial charge in [-0.15, -0.1) is 11.3 Å². The van der Waals surface area contributed by atoms with Crippen LogP contribution in [-0.2, 0) is 4.74 Å². The molecule has 110 valence electrons. The Morgan fingerprint density at radius 3 is 2.90 bits per heavy atom. The molecule has 0 spiro atoms. The van der Waals surface area contributed by atoms with Crippen molar-refractivity contribution in [1.29, 1.82) is 0 Å². The molecule has 20 heavy (non-hydrogen) atoms. The molecule has 3 rings (SSSR count). The van der Waals surface area contributed by atoms with Crippen LogP contribution in [0.3, 0.4) is 0 Å². The van der Waals surface area contributed by atoms with E-state index < -0.39 is 0 Å². The Hall–Kier alpha value is -0.580. The summed E-state index contributed by atoms with van der Waals surface area (Å²) in [6.45, 7) is 6.93. The maximum Gasteiger partial charge on any atom is 0.265 e. The van der Waals surface area contributed by atoms with Gasteiger partial charge >= 0.3 is 0 Å². The number of ether oxygens (including phenoxy) is 1. The van der Waals surface area contributed by atoms with Crippen LogP contribution in [0.4, 0.5) is 0 Å². The lowest BCUT2D eigenvalue weighted by atomic mass is 9.48. The van der Waals surface area contributed by atoms with Gasteiger partial charge in [-0.25, -0.2) is 0 Å². The number of amides is 1. The van der Waals surface area contributed by atoms with E-state index in [1.807, 2.05) is 10.3 Å². The number of rotatable bonds is 3. The molecule has 1 amide bonds. The Balaban J connectivity index is 1.81. The number of fused-ring (bicyclic) bond motifs is 1. The van der Waals surface area contributed by atoms with Crippen molar-refractivity contribution in [2.75, 3.05) is 26.8 Å². The highest BCUT2D eigenvalue weighted by Crippen LogP contribution is 2.62. The van der Waals surface area contributed by atoms with Crippen LogP contribution in [0.15, 0.2) is 11.4 Å². The second-order valence-corrected chi connectivity index (χ2v) is 8.12. The Labute approximate surface area is 128 Å². The van der Waals surface area contributed by atoms with Gasteiger partial charge in [-0.1, -0.05) is 25.4 Å². The van der Waals surface area contributed by atoms with Crippen molar-refractivity contribution < 1.29 is 9.53 Å². The zero-order valence-corrected chi connectivity index (χ0v) is 13.7. The molecule has 2 aliphatic rings. The molecule has 1 saturated heterocycles. The fourth-order valence-corrected chi connectivity index (χ4v) is 5.46. The number of hydrogen-bond donors (Lipinski definition) is 0. The lowest BCUT2D eigenvalue weighted by molar-refractivity contribution is -0.107. The molecule has 0 unspecified atom stereocenters. The molecule has 2 fully saturated rings. The number of carbonyl (C=O) groups is 1. The van der Waals surface area contributed by atoms with Gasteiger partial charge in [0.25, 0.3) is 5.91 Å². The van der Waals surface area contributed by atoms with Crippen LogP contribution in [0.2, 0.25) is 5.02 Å². The standard InChI is InChI=1S/C15H20ClNO2S/c1-14(2)7-15(9-19-3)8-17(6-11(14)15)13(18)12-10(16)4-5-20-12/h4-5,11H,6-9H2,1-3H3/t11-,15-/m1/s1. The SMILES string of the molecule is COC[C@@]12CN(C(=O)c3sccc3Cl)C[C@@H]1C(C)(C)C2. The topological polar surface area (TPSA) is 29.5 Å². The van der Waals surface area contributed by atoms with E-state index in [1.54, 1.807) is 13.2 Å². The summed E-state index contributed by atoms with van der Waals surface area (Å²) in [5.41, 5.74) is 0.449. The lowest BCUT2D eigenvalue weighted by Crippen LogP contribution is -2.55. The number of thiophene rings is 1. The van der Waals surface area contributed by atoms with Gasteiger partial charge in [-0.3, -0.25) is 4.79 Å². The van der Waals surface area contributed by atoms with E-state index in [9.17, 15) is 4.79 Å². The average Bonchev–Trinajstić information content (AvgIpc) is 2.91. The maximum absolute atomic E-state index is 12.6. The fourth-order valence-electron chi connectivity index (χ4n) is 4.35. The lowest BCUT2D eigenvalue weighted by Gasteiger charge is -2.56. The number of carbonyl (C=O) groups excluding carboxylic acids is 1. The third-order valence-corrected chi connectivity index (χ3v) is 6.26. The summed E-state index contributed by atoms with van der Waals surface area (Å²) >= 11 is 7.52. The van der Waals surface area contributed by atoms with Crippen LogP contribution < -0.4 is 0 Å². The van der Waals surface area contributed by atoms with Crippen molar-refractivity contribution >= 4 is 28.8 Å². The summed E-state index contributed by atoms with van der Waals surface area (Å²) < 4.78 is 5.42. The largest absolute Gasteiger partial charge is 0.384 e. The molecule has 5 heteroatoms. The Morgan fingerprint density at radius 1 is 1.60 bits per heavy atom. The van der Waals surface area contributed by atoms with Crippen molar-refractivity contribution in [1.82, 2.24) is 4.90 Å². The Kier molecular flexibility index (Phi) is 3.39. The molecule has 0 N–H and O–H groups in total. The van der Waals surface area contributed by atoms with Gasteiger partial charge < -0.3 is 9.64 Å². The summed E-state index contributed by atoms with van der Waals surface area (Å²) in [7, 11) is 1.75. The molecule has 0 aromatic carbocycles. The predicted molar refractivity (Wildman–Crippen MR) is 81.4 cm³/mol. The first-order valence-electron chi connectivity index (χ1n) is 6.91. The third-order valence-electron chi connectivity index (χ3n) is 4.93. The van der Waals surface area contributed by atoms with Crippen molar-refractivity contribution in [2.45, 2.75) is 20.3 Å². The van der Waals surface area contributed by atoms with Crippen LogP contribution in [-0.4, -0.2) is 37.6 Å². The molecule has 2 heterocycles. The van der Waals surface area contributed by atoms with Crippen molar-refractivity contribution in [3.63, 3.8) is 0 Å². The number of methoxy groups -OCH3 is 1. The third kappa shape index (κ3) is 2.00. The summed E-state index contributed by atoms with van der Waals surface area (Å²) in [4.78, 5) is 15.2. The van der Waals surface area contributed by atoms with E-state index in [0.29, 0.717) is 21.2 Å². The van der Waals surface area contributed by atoms with Crippen LogP contribution in [0, 0.1) is 16.7 Å². The molecule has 1 aliphatic carbocycles. The number of likely N-dealkylation sites (tertiary alicyclic amines) is 1. The maximum atomic E-state index is 12.6. The summed E-state index contributed by atoms with van der Waals surface area (Å²) in [5.74, 6) is 0.600. The zero-order chi connectivity index (χ0) is 14.5. The number of nitrogens with zero attached hydrogens (tertiary/aromatic N) is 1. The van der Waals surface area contributed by atoms with Crippen LogP contribution in [0.5, 0.6) is 0 Å². The van der Waals surface area contributed by atoms with Gasteiger partial charge in [0.15, 0.2) is 0 Å². The quantitative estimate of drug-likeness (QED) is 0.854. The Bertz CT molecular complexity index is 542. The van der Waals surface area contributed by atoms with E-state index in [2.05, 4.69) is 13.8 Å². The predicted octanol–water partition coefficient (Wildman–Crippen LogP) is 3.54. The van der Waals surface area contributed by atoms with Crippen molar-refractivity contribution in [3.8, 4) is 0 Å². The fraction of sp³-hybridized carbons (Fsp3) is 0.667. The van der Waals surface area contributed by atoms with E-state index >= 15 is 0 Å². The number of halogens is 1. The molecule has 1 aromatic heterocycles. The number of hydrogen-bond acceptors (Lipinski definition) is 3. The second kappa shape index (κ2) is 4.72. The highest BCUT2D eigenvalue weighted by Gasteiger charge is 2.63. The molecule has 3 nitrogen and oxygen atoms in total. The van der Waals surface area contributed by atoms with Crippen molar-refractivity contribution in [3.05, 3.63) is 21.3 Å². The first-order valence-corrected chi connectivity index (χ1v) is 8.17. The normalized spacial score (nSPS) is 31.0. The molecule has 0 radical (unpaired) electrons. The first-order chi connectivity index (χ1) is 9.39. The summed E-state index contributed by atoms with van der Waals surface area (Å²) in [5, 5.41) is 2.44. The van der Waals surface area contributed by atoms with Gasteiger partial charge in [0.1, 0.15) is 4.88 Å². The van der Waals surface area contributed by atoms with E-state index in [4.69, 9.17) is 16.3 Å². The van der Waals surface area contributed by atoms with Crippen molar-refractivity contribution in [2.24, 2.45) is 16.7 Å². The smallest absolute Gasteiger partial charge is 0.265 e. The highest BCUT2D eigenvalue weighted by molar-refractivity contribution is 7.12. The van der Waals surface area contributed by atoms with Crippen LogP contribution in [0.1, 0.15) is 29.9 Å². The average molecular weight is 314 g/mol. The zero-order valence-electron chi connectivity index (χ0n) is 12.1. The molecular formula is C15H20ClNO2S. The summed E-state index contributed by atoms with van der Waals surface area (Å²) in [6.07, 6.45) is 1.13. The molecule has 2 atom stereocenters. The van der Waals surface area contributed by atoms with Gasteiger partial charge in [-0.2, -0.15) is 0 Å². The minimum Gasteiger partial charge on any atom is -0.384 e. The Morgan fingerprint density at radius 2 is 2.35 bits per heavy atom. The monoisotopic (exact) mass is 313 g/mol. The van der Waals surface area contributed by atoms with Gasteiger partial charge in [0.05, 0.1) is 11.6 Å². The molecule has 1 aliphatic heterocycles. The van der Waals surface area contributed by atoms with E-state index in [1.165, 1.54) is 11.3 Å². The highest BCUT2D eigenvalue weighted by atomic mass is 35.5. The minimum absolute atomic E-state index is 0.0747. The molecule has 0 bridgehead atoms. The minimum atomic E-state index is 0.0747.